The minimum atomic E-state index is 0.285. The van der Waals surface area contributed by atoms with E-state index < -0.39 is 0 Å². The molecule has 0 aliphatic rings. The third kappa shape index (κ3) is 4.08. The Morgan fingerprint density at radius 2 is 2.40 bits per heavy atom. The maximum absolute atomic E-state index is 11.6. The van der Waals surface area contributed by atoms with E-state index in [4.69, 9.17) is 0 Å². The van der Waals surface area contributed by atoms with E-state index in [1.54, 1.807) is 18.0 Å². The van der Waals surface area contributed by atoms with Gasteiger partial charge in [-0.25, -0.2) is 4.98 Å². The first kappa shape index (κ1) is 12.3. The van der Waals surface area contributed by atoms with Gasteiger partial charge in [0.25, 0.3) is 0 Å². The molecule has 0 atom stereocenters. The molecule has 1 aromatic heterocycles. The Kier molecular flexibility index (Phi) is 5.47. The first-order valence-electron chi connectivity index (χ1n) is 5.28. The first-order chi connectivity index (χ1) is 7.27. The lowest BCUT2D eigenvalue weighted by Crippen LogP contribution is -2.10. The number of hydrogen-bond donors (Lipinski definition) is 0. The molecule has 0 radical (unpaired) electrons. The molecule has 0 fully saturated rings. The molecule has 0 saturated carbocycles. The molecule has 84 valence electrons. The van der Waals surface area contributed by atoms with Gasteiger partial charge in [0.15, 0.2) is 0 Å². The number of Topliss-reactive ketones (excluding diaryl/α,β-unsaturated/α-hetero) is 1. The highest BCUT2D eigenvalue weighted by atomic mass is 32.2. The zero-order valence-electron chi connectivity index (χ0n) is 9.40. The fraction of sp³-hybridized carbons (Fsp3) is 0.636. The van der Waals surface area contributed by atoms with Gasteiger partial charge in [0, 0.05) is 25.4 Å². The van der Waals surface area contributed by atoms with Crippen LogP contribution in [-0.4, -0.2) is 27.3 Å². The van der Waals surface area contributed by atoms with Gasteiger partial charge in [0.05, 0.1) is 6.42 Å². The predicted octanol–water partition coefficient (Wildman–Crippen LogP) is 2.16. The van der Waals surface area contributed by atoms with Gasteiger partial charge in [-0.1, -0.05) is 6.92 Å². The fourth-order valence-corrected chi connectivity index (χ4v) is 1.86. The van der Waals surface area contributed by atoms with Crippen molar-refractivity contribution >= 4 is 17.5 Å². The quantitative estimate of drug-likeness (QED) is 0.714. The van der Waals surface area contributed by atoms with Crippen molar-refractivity contribution in [3.63, 3.8) is 0 Å². The Morgan fingerprint density at radius 3 is 3.07 bits per heavy atom. The number of carbonyl (C=O) groups excluding carboxylic acids is 1. The third-order valence-electron chi connectivity index (χ3n) is 2.21. The van der Waals surface area contributed by atoms with Crippen molar-refractivity contribution in [2.75, 3.05) is 12.0 Å². The highest BCUT2D eigenvalue weighted by Crippen LogP contribution is 2.04. The molecule has 0 spiro atoms. The minimum Gasteiger partial charge on any atom is -0.335 e. The summed E-state index contributed by atoms with van der Waals surface area (Å²) in [6.07, 6.45) is 7.94. The molecule has 0 aliphatic heterocycles. The summed E-state index contributed by atoms with van der Waals surface area (Å²) in [6.45, 7) is 3.07. The molecular formula is C11H18N2OS. The normalized spacial score (nSPS) is 10.5. The molecule has 0 aliphatic carbocycles. The Bertz CT molecular complexity index is 309. The van der Waals surface area contributed by atoms with Gasteiger partial charge in [-0.05, 0) is 18.4 Å². The standard InChI is InChI=1S/C11H18N2OS/c1-3-6-13-7-5-12-11(13)9-10(14)4-8-15-2/h5,7H,3-4,6,8-9H2,1-2H3. The average molecular weight is 226 g/mol. The van der Waals surface area contributed by atoms with Crippen LogP contribution in [0.1, 0.15) is 25.6 Å². The molecule has 0 saturated heterocycles. The lowest BCUT2D eigenvalue weighted by molar-refractivity contribution is -0.118. The lowest BCUT2D eigenvalue weighted by atomic mass is 10.2. The predicted molar refractivity (Wildman–Crippen MR) is 64.2 cm³/mol. The third-order valence-corrected chi connectivity index (χ3v) is 2.82. The van der Waals surface area contributed by atoms with E-state index in [1.165, 1.54) is 0 Å². The number of hydrogen-bond acceptors (Lipinski definition) is 3. The van der Waals surface area contributed by atoms with Crippen LogP contribution < -0.4 is 0 Å². The zero-order chi connectivity index (χ0) is 11.1. The van der Waals surface area contributed by atoms with Crippen molar-refractivity contribution in [3.05, 3.63) is 18.2 Å². The van der Waals surface area contributed by atoms with E-state index in [-0.39, 0.29) is 5.78 Å². The average Bonchev–Trinajstić information content (AvgIpc) is 2.63. The summed E-state index contributed by atoms with van der Waals surface area (Å²) in [6, 6.07) is 0. The molecule has 3 nitrogen and oxygen atoms in total. The van der Waals surface area contributed by atoms with Gasteiger partial charge in [0.2, 0.25) is 0 Å². The monoisotopic (exact) mass is 226 g/mol. The van der Waals surface area contributed by atoms with Gasteiger partial charge in [0.1, 0.15) is 11.6 Å². The number of thioether (sulfide) groups is 1. The number of ketones is 1. The summed E-state index contributed by atoms with van der Waals surface area (Å²) in [5.74, 6) is 2.10. The topological polar surface area (TPSA) is 34.9 Å². The van der Waals surface area contributed by atoms with E-state index in [2.05, 4.69) is 16.5 Å². The number of carbonyl (C=O) groups is 1. The Morgan fingerprint density at radius 1 is 1.60 bits per heavy atom. The summed E-state index contributed by atoms with van der Waals surface area (Å²) in [5, 5.41) is 0. The van der Waals surface area contributed by atoms with Gasteiger partial charge >= 0.3 is 0 Å². The van der Waals surface area contributed by atoms with Crippen LogP contribution in [0.15, 0.2) is 12.4 Å². The smallest absolute Gasteiger partial charge is 0.141 e. The van der Waals surface area contributed by atoms with Crippen molar-refractivity contribution in [1.82, 2.24) is 9.55 Å². The summed E-state index contributed by atoms with van der Waals surface area (Å²) < 4.78 is 2.07. The molecule has 1 heterocycles. The Hall–Kier alpha value is -0.770. The van der Waals surface area contributed by atoms with Crippen LogP contribution in [0.25, 0.3) is 0 Å². The second-order valence-electron chi connectivity index (χ2n) is 3.50. The van der Waals surface area contributed by atoms with Crippen molar-refractivity contribution in [2.45, 2.75) is 32.7 Å². The highest BCUT2D eigenvalue weighted by molar-refractivity contribution is 7.98. The van der Waals surface area contributed by atoms with Crippen LogP contribution in [0.4, 0.5) is 0 Å². The summed E-state index contributed by atoms with van der Waals surface area (Å²) >= 11 is 1.71. The fourth-order valence-electron chi connectivity index (χ4n) is 1.43. The molecule has 4 heteroatoms. The summed E-state index contributed by atoms with van der Waals surface area (Å²) in [7, 11) is 0. The molecule has 0 aromatic carbocycles. The van der Waals surface area contributed by atoms with Crippen molar-refractivity contribution in [3.8, 4) is 0 Å². The molecule has 15 heavy (non-hydrogen) atoms. The zero-order valence-corrected chi connectivity index (χ0v) is 10.2. The number of aryl methyl sites for hydroxylation is 1. The van der Waals surface area contributed by atoms with E-state index in [9.17, 15) is 4.79 Å². The number of aromatic nitrogens is 2. The number of nitrogens with zero attached hydrogens (tertiary/aromatic N) is 2. The van der Waals surface area contributed by atoms with Crippen LogP contribution >= 0.6 is 11.8 Å². The van der Waals surface area contributed by atoms with E-state index in [0.29, 0.717) is 12.8 Å². The lowest BCUT2D eigenvalue weighted by Gasteiger charge is -2.05. The molecule has 1 rings (SSSR count). The van der Waals surface area contributed by atoms with Gasteiger partial charge < -0.3 is 4.57 Å². The second kappa shape index (κ2) is 6.67. The number of rotatable bonds is 7. The highest BCUT2D eigenvalue weighted by Gasteiger charge is 2.08. The summed E-state index contributed by atoms with van der Waals surface area (Å²) in [4.78, 5) is 15.8. The van der Waals surface area contributed by atoms with E-state index >= 15 is 0 Å². The second-order valence-corrected chi connectivity index (χ2v) is 4.48. The molecular weight excluding hydrogens is 208 g/mol. The van der Waals surface area contributed by atoms with Crippen LogP contribution in [-0.2, 0) is 17.8 Å². The van der Waals surface area contributed by atoms with Gasteiger partial charge in [-0.2, -0.15) is 11.8 Å². The molecule has 0 bridgehead atoms. The minimum absolute atomic E-state index is 0.285. The van der Waals surface area contributed by atoms with Gasteiger partial charge in [-0.15, -0.1) is 0 Å². The maximum atomic E-state index is 11.6. The van der Waals surface area contributed by atoms with E-state index in [0.717, 1.165) is 24.5 Å². The van der Waals surface area contributed by atoms with Crippen molar-refractivity contribution < 1.29 is 4.79 Å². The molecule has 0 amide bonds. The van der Waals surface area contributed by atoms with Crippen LogP contribution in [0, 0.1) is 0 Å². The molecule has 0 unspecified atom stereocenters. The Balaban J connectivity index is 2.48. The van der Waals surface area contributed by atoms with Crippen molar-refractivity contribution in [1.29, 1.82) is 0 Å². The van der Waals surface area contributed by atoms with Crippen LogP contribution in [0.3, 0.4) is 0 Å². The van der Waals surface area contributed by atoms with Crippen LogP contribution in [0.2, 0.25) is 0 Å². The largest absolute Gasteiger partial charge is 0.335 e. The van der Waals surface area contributed by atoms with Gasteiger partial charge in [-0.3, -0.25) is 4.79 Å². The number of imidazole rings is 1. The molecule has 0 N–H and O–H groups in total. The molecule has 1 aromatic rings. The SMILES string of the molecule is CCCn1ccnc1CC(=O)CCSC. The van der Waals surface area contributed by atoms with Crippen LogP contribution in [0.5, 0.6) is 0 Å². The summed E-state index contributed by atoms with van der Waals surface area (Å²) in [5.41, 5.74) is 0. The van der Waals surface area contributed by atoms with Crippen molar-refractivity contribution in [2.24, 2.45) is 0 Å². The Labute approximate surface area is 95.3 Å². The van der Waals surface area contributed by atoms with E-state index in [1.807, 2.05) is 12.5 Å². The first-order valence-corrected chi connectivity index (χ1v) is 6.68. The maximum Gasteiger partial charge on any atom is 0.141 e.